The maximum atomic E-state index is 13.8. The van der Waals surface area contributed by atoms with Gasteiger partial charge in [0.1, 0.15) is 0 Å². The number of aromatic amines is 2. The average molecular weight is 567 g/mol. The number of hydrogen-bond donors (Lipinski definition) is 4. The van der Waals surface area contributed by atoms with E-state index in [1.54, 1.807) is 24.3 Å². The Kier molecular flexibility index (Phi) is 6.62. The van der Waals surface area contributed by atoms with Gasteiger partial charge in [-0.1, -0.05) is 36.4 Å². The van der Waals surface area contributed by atoms with E-state index in [0.29, 0.717) is 39.7 Å². The fourth-order valence-corrected chi connectivity index (χ4v) is 4.67. The number of H-pyrrole nitrogens is 2. The predicted octanol–water partition coefficient (Wildman–Crippen LogP) is 6.60. The second-order valence-corrected chi connectivity index (χ2v) is 9.80. The van der Waals surface area contributed by atoms with Crippen LogP contribution in [0.25, 0.3) is 34.4 Å². The summed E-state index contributed by atoms with van der Waals surface area (Å²) in [6.45, 7) is 0.855. The molecule has 1 aliphatic rings. The van der Waals surface area contributed by atoms with Crippen LogP contribution in [-0.4, -0.2) is 39.2 Å². The van der Waals surface area contributed by atoms with Crippen molar-refractivity contribution in [2.45, 2.75) is 12.8 Å². The fourth-order valence-electron chi connectivity index (χ4n) is 4.67. The van der Waals surface area contributed by atoms with Crippen LogP contribution in [-0.2, 0) is 15.5 Å². The van der Waals surface area contributed by atoms with E-state index in [0.717, 1.165) is 29.4 Å². The molecule has 9 nitrogen and oxygen atoms in total. The van der Waals surface area contributed by atoms with E-state index < -0.39 is 11.9 Å². The minimum atomic E-state index is -2.96. The molecule has 2 aromatic heterocycles. The average Bonchev–Trinajstić information content (AvgIpc) is 3.72. The number of ether oxygens (including phenoxy) is 1. The lowest BCUT2D eigenvalue weighted by atomic mass is 10.1. The number of hydrogen-bond acceptors (Lipinski definition) is 6. The van der Waals surface area contributed by atoms with Crippen LogP contribution in [0.3, 0.4) is 0 Å². The summed E-state index contributed by atoms with van der Waals surface area (Å²) in [6, 6.07) is 20.7. The molecule has 0 unspecified atom stereocenters. The molecule has 0 bridgehead atoms. The largest absolute Gasteiger partial charge is 0.465 e. The molecule has 42 heavy (non-hydrogen) atoms. The van der Waals surface area contributed by atoms with Gasteiger partial charge in [0.2, 0.25) is 0 Å². The first-order chi connectivity index (χ1) is 20.2. The number of halogens is 2. The number of methoxy groups -OCH3 is 1. The monoisotopic (exact) mass is 566 g/mol. The number of benzene rings is 3. The molecular weight excluding hydrogens is 542 g/mol. The Balaban J connectivity index is 1.21. The number of rotatable bonds is 7. The molecule has 3 heterocycles. The third-order valence-corrected chi connectivity index (χ3v) is 6.78. The summed E-state index contributed by atoms with van der Waals surface area (Å²) < 4.78 is 32.3. The van der Waals surface area contributed by atoms with Crippen LogP contribution in [0, 0.1) is 0 Å². The highest BCUT2D eigenvalue weighted by molar-refractivity contribution is 6.35. The van der Waals surface area contributed by atoms with E-state index >= 15 is 0 Å². The number of carbonyl (C=O) groups excluding carboxylic acids is 2. The van der Waals surface area contributed by atoms with Crippen molar-refractivity contribution in [3.05, 3.63) is 101 Å². The molecule has 1 aliphatic heterocycles. The number of nitrogens with zero attached hydrogens (tertiary/aromatic N) is 2. The molecule has 11 heteroatoms. The van der Waals surface area contributed by atoms with Gasteiger partial charge in [-0.25, -0.2) is 13.6 Å². The van der Waals surface area contributed by atoms with Crippen molar-refractivity contribution in [2.24, 2.45) is 0 Å². The van der Waals surface area contributed by atoms with Gasteiger partial charge in [-0.3, -0.25) is 4.79 Å². The van der Waals surface area contributed by atoms with E-state index in [-0.39, 0.29) is 11.5 Å². The van der Waals surface area contributed by atoms with Gasteiger partial charge in [0.25, 0.3) is 11.8 Å². The molecule has 4 N–H and O–H groups in total. The number of carbonyl (C=O) groups is 2. The van der Waals surface area contributed by atoms with E-state index in [1.807, 2.05) is 42.5 Å². The molecular formula is C31H24F2N6O3. The van der Waals surface area contributed by atoms with Gasteiger partial charge in [-0.15, -0.1) is 10.2 Å². The zero-order valence-corrected chi connectivity index (χ0v) is 22.5. The molecule has 6 rings (SSSR count). The van der Waals surface area contributed by atoms with Crippen molar-refractivity contribution in [1.82, 2.24) is 20.2 Å². The van der Waals surface area contributed by atoms with Gasteiger partial charge < -0.3 is 25.3 Å². The lowest BCUT2D eigenvalue weighted by Gasteiger charge is -2.11. The Hall–Kier alpha value is -5.58. The van der Waals surface area contributed by atoms with Gasteiger partial charge in [0.15, 0.2) is 11.6 Å². The van der Waals surface area contributed by atoms with Gasteiger partial charge in [-0.05, 0) is 42.5 Å². The molecule has 5 aromatic rings. The molecule has 0 fully saturated rings. The van der Waals surface area contributed by atoms with Crippen LogP contribution in [0.1, 0.15) is 34.1 Å². The Morgan fingerprint density at radius 3 is 2.40 bits per heavy atom. The summed E-state index contributed by atoms with van der Waals surface area (Å²) in [7, 11) is 1.31. The topological polar surface area (TPSA) is 125 Å². The van der Waals surface area contributed by atoms with E-state index in [1.165, 1.54) is 25.4 Å². The highest BCUT2D eigenvalue weighted by Gasteiger charge is 2.26. The maximum absolute atomic E-state index is 13.8. The quantitative estimate of drug-likeness (QED) is 0.130. The Labute approximate surface area is 238 Å². The first-order valence-corrected chi connectivity index (χ1v) is 12.9. The van der Waals surface area contributed by atoms with Crippen molar-refractivity contribution >= 4 is 40.6 Å². The van der Waals surface area contributed by atoms with Crippen molar-refractivity contribution in [1.29, 1.82) is 0 Å². The minimum Gasteiger partial charge on any atom is -0.465 e. The molecule has 0 atom stereocenters. The summed E-state index contributed by atoms with van der Waals surface area (Å²) in [4.78, 5) is 30.5. The van der Waals surface area contributed by atoms with Crippen LogP contribution in [0.15, 0.2) is 79.0 Å². The zero-order chi connectivity index (χ0) is 29.4. The van der Waals surface area contributed by atoms with Gasteiger partial charge in [0.05, 0.1) is 23.9 Å². The highest BCUT2D eigenvalue weighted by Crippen LogP contribution is 2.36. The summed E-state index contributed by atoms with van der Waals surface area (Å²) in [5, 5.41) is 14.6. The number of fused-ring (bicyclic) bond motifs is 1. The Morgan fingerprint density at radius 1 is 0.952 bits per heavy atom. The third kappa shape index (κ3) is 5.27. The van der Waals surface area contributed by atoms with Gasteiger partial charge in [0, 0.05) is 52.4 Å². The summed E-state index contributed by atoms with van der Waals surface area (Å²) in [6.07, 6.45) is 3.21. The standard InChI is InChI=1S/C31H24F2N6O3/c1-31(32,33)20-7-3-5-17(11-20)27-37-28(39-38-27)18-6-4-8-21(12-18)35-22-9-10-24-25(29(40)36-26(24)15-22)14-23-13-19(16-34-23)30(41)42-2/h3-16,34-35H,1-2H3,(H,36,40)(H,37,38,39)/b25-14-. The van der Waals surface area contributed by atoms with Crippen molar-refractivity contribution in [3.8, 4) is 22.8 Å². The SMILES string of the molecule is COC(=O)c1c[nH]c(/C=C2\C(=O)Nc3cc(Nc4cccc(-c5nnc(-c6cccc(C(C)(F)F)c6)[nH]5)c4)ccc32)c1. The molecule has 0 spiro atoms. The molecule has 0 radical (unpaired) electrons. The number of alkyl halides is 2. The molecule has 0 aliphatic carbocycles. The molecule has 0 saturated heterocycles. The van der Waals surface area contributed by atoms with E-state index in [4.69, 9.17) is 4.74 Å². The first-order valence-electron chi connectivity index (χ1n) is 12.9. The smallest absolute Gasteiger partial charge is 0.339 e. The summed E-state index contributed by atoms with van der Waals surface area (Å²) in [5.74, 6) is -2.82. The lowest BCUT2D eigenvalue weighted by molar-refractivity contribution is -0.110. The summed E-state index contributed by atoms with van der Waals surface area (Å²) >= 11 is 0. The lowest BCUT2D eigenvalue weighted by Crippen LogP contribution is -2.06. The van der Waals surface area contributed by atoms with Crippen LogP contribution in [0.2, 0.25) is 0 Å². The van der Waals surface area contributed by atoms with Gasteiger partial charge in [-0.2, -0.15) is 0 Å². The molecule has 1 amide bonds. The maximum Gasteiger partial charge on any atom is 0.339 e. The molecule has 210 valence electrons. The molecule has 0 saturated carbocycles. The second-order valence-electron chi connectivity index (χ2n) is 9.80. The van der Waals surface area contributed by atoms with E-state index in [2.05, 4.69) is 30.8 Å². The van der Waals surface area contributed by atoms with Crippen LogP contribution in [0.5, 0.6) is 0 Å². The van der Waals surface area contributed by atoms with Crippen molar-refractivity contribution in [3.63, 3.8) is 0 Å². The Bertz CT molecular complexity index is 1870. The number of anilines is 3. The highest BCUT2D eigenvalue weighted by atomic mass is 19.3. The fraction of sp³-hybridized carbons (Fsp3) is 0.0968. The molecule has 3 aromatic carbocycles. The minimum absolute atomic E-state index is 0.103. The number of esters is 1. The summed E-state index contributed by atoms with van der Waals surface area (Å²) in [5.41, 5.74) is 5.46. The van der Waals surface area contributed by atoms with Crippen molar-refractivity contribution < 1.29 is 23.1 Å². The van der Waals surface area contributed by atoms with Crippen molar-refractivity contribution in [2.75, 3.05) is 17.7 Å². The number of aromatic nitrogens is 4. The van der Waals surface area contributed by atoms with Crippen LogP contribution >= 0.6 is 0 Å². The Morgan fingerprint density at radius 2 is 1.67 bits per heavy atom. The van der Waals surface area contributed by atoms with E-state index in [9.17, 15) is 18.4 Å². The second kappa shape index (κ2) is 10.4. The zero-order valence-electron chi connectivity index (χ0n) is 22.5. The normalized spacial score (nSPS) is 13.6. The third-order valence-electron chi connectivity index (χ3n) is 6.78. The predicted molar refractivity (Wildman–Crippen MR) is 155 cm³/mol. The van der Waals surface area contributed by atoms with Gasteiger partial charge >= 0.3 is 5.97 Å². The number of amides is 1. The van der Waals surface area contributed by atoms with Crippen LogP contribution in [0.4, 0.5) is 25.8 Å². The first kappa shape index (κ1) is 26.6. The van der Waals surface area contributed by atoms with Crippen LogP contribution < -0.4 is 10.6 Å². The number of nitrogens with one attached hydrogen (secondary N) is 4.